The van der Waals surface area contributed by atoms with E-state index in [0.717, 1.165) is 0 Å². The van der Waals surface area contributed by atoms with E-state index in [-0.39, 0.29) is 24.3 Å². The molecule has 1 fully saturated rings. The molecule has 3 heterocycles. The van der Waals surface area contributed by atoms with Crippen molar-refractivity contribution in [1.82, 2.24) is 25.2 Å². The number of nitriles is 1. The zero-order valence-corrected chi connectivity index (χ0v) is 20.2. The lowest BCUT2D eigenvalue weighted by Gasteiger charge is -2.27. The molecule has 2 aromatic heterocycles. The van der Waals surface area contributed by atoms with Crippen molar-refractivity contribution in [1.29, 1.82) is 5.26 Å². The predicted octanol–water partition coefficient (Wildman–Crippen LogP) is 2.94. The number of alkyl halides is 1. The van der Waals surface area contributed by atoms with Crippen LogP contribution in [0.25, 0.3) is 11.3 Å². The lowest BCUT2D eigenvalue weighted by molar-refractivity contribution is 0.0729. The quantitative estimate of drug-likeness (QED) is 0.513. The van der Waals surface area contributed by atoms with E-state index in [1.807, 2.05) is 0 Å². The van der Waals surface area contributed by atoms with Crippen LogP contribution in [0.4, 0.5) is 16.2 Å². The Morgan fingerprint density at radius 1 is 1.25 bits per heavy atom. The van der Waals surface area contributed by atoms with Crippen LogP contribution in [0.5, 0.6) is 11.6 Å². The first kappa shape index (κ1) is 24.8. The lowest BCUT2D eigenvalue weighted by atomic mass is 10.1. The largest absolute Gasteiger partial charge is 0.486 e. The summed E-state index contributed by atoms with van der Waals surface area (Å²) >= 11 is 0. The summed E-state index contributed by atoms with van der Waals surface area (Å²) in [5.41, 5.74) is 1.85. The second kappa shape index (κ2) is 11.0. The summed E-state index contributed by atoms with van der Waals surface area (Å²) in [6.45, 7) is 0.897. The number of halogens is 1. The van der Waals surface area contributed by atoms with E-state index in [1.165, 1.54) is 12.0 Å². The number of pyridine rings is 1. The van der Waals surface area contributed by atoms with Gasteiger partial charge in [-0.25, -0.2) is 14.4 Å². The van der Waals surface area contributed by atoms with Crippen molar-refractivity contribution in [3.8, 4) is 29.0 Å². The number of amides is 1. The summed E-state index contributed by atoms with van der Waals surface area (Å²) in [5, 5.41) is 15.6. The number of rotatable bonds is 7. The Hall–Kier alpha value is -4.30. The minimum absolute atomic E-state index is 0.174. The molecule has 11 heteroatoms. The van der Waals surface area contributed by atoms with Gasteiger partial charge in [0.25, 0.3) is 5.91 Å². The molecular formula is C25H26FN7O3. The van der Waals surface area contributed by atoms with Crippen molar-refractivity contribution in [2.75, 3.05) is 39.6 Å². The zero-order chi connectivity index (χ0) is 25.7. The smallest absolute Gasteiger partial charge is 0.258 e. The normalized spacial score (nSPS) is 17.1. The van der Waals surface area contributed by atoms with Crippen molar-refractivity contribution >= 4 is 17.7 Å². The van der Waals surface area contributed by atoms with Crippen molar-refractivity contribution in [2.24, 2.45) is 0 Å². The molecule has 2 atom stereocenters. The third-order valence-corrected chi connectivity index (χ3v) is 5.61. The number of ether oxygens (including phenoxy) is 2. The Morgan fingerprint density at radius 3 is 2.81 bits per heavy atom. The third kappa shape index (κ3) is 5.50. The van der Waals surface area contributed by atoms with Gasteiger partial charge in [0, 0.05) is 32.4 Å². The summed E-state index contributed by atoms with van der Waals surface area (Å²) in [6, 6.07) is 12.1. The molecule has 1 aliphatic rings. The third-order valence-electron chi connectivity index (χ3n) is 5.61. The van der Waals surface area contributed by atoms with Gasteiger partial charge in [0.2, 0.25) is 11.8 Å². The standard InChI is InChI=1S/C25H26FN7O3/c1-33(2)24(34)17-5-7-22(31-23(17)35-3)32-25-29-11-8-19(30-25)15-4-6-20(16(12-15)13-27)36-21-9-10-28-14-18(21)26/h4-8,11-12,18,21,28H,9-10,14H2,1-3H3,(H,29,30,31,32)/t18-,21+/m1/s1. The molecule has 0 unspecified atom stereocenters. The van der Waals surface area contributed by atoms with Gasteiger partial charge in [-0.05, 0) is 49.4 Å². The number of methoxy groups -OCH3 is 1. The number of piperidine rings is 1. The number of nitrogens with one attached hydrogen (secondary N) is 2. The average molecular weight is 492 g/mol. The number of aromatic nitrogens is 3. The number of hydrogen-bond donors (Lipinski definition) is 2. The molecule has 0 aliphatic carbocycles. The molecule has 4 rings (SSSR count). The first-order valence-electron chi connectivity index (χ1n) is 11.3. The number of carbonyl (C=O) groups is 1. The van der Waals surface area contributed by atoms with Crippen LogP contribution in [0.2, 0.25) is 0 Å². The van der Waals surface area contributed by atoms with Gasteiger partial charge in [0.1, 0.15) is 35.5 Å². The van der Waals surface area contributed by atoms with Gasteiger partial charge in [-0.2, -0.15) is 10.2 Å². The van der Waals surface area contributed by atoms with Gasteiger partial charge in [0.15, 0.2) is 0 Å². The van der Waals surface area contributed by atoms with Crippen LogP contribution < -0.4 is 20.1 Å². The van der Waals surface area contributed by atoms with Gasteiger partial charge in [-0.15, -0.1) is 0 Å². The molecular weight excluding hydrogens is 465 g/mol. The van der Waals surface area contributed by atoms with Crippen molar-refractivity contribution in [3.05, 3.63) is 53.7 Å². The van der Waals surface area contributed by atoms with Crippen LogP contribution >= 0.6 is 0 Å². The Kier molecular flexibility index (Phi) is 7.56. The predicted molar refractivity (Wildman–Crippen MR) is 131 cm³/mol. The van der Waals surface area contributed by atoms with Crippen molar-refractivity contribution in [3.63, 3.8) is 0 Å². The number of benzene rings is 1. The van der Waals surface area contributed by atoms with E-state index in [4.69, 9.17) is 9.47 Å². The molecule has 1 aromatic carbocycles. The Bertz CT molecular complexity index is 1290. The van der Waals surface area contributed by atoms with E-state index in [9.17, 15) is 14.4 Å². The molecule has 0 saturated carbocycles. The Balaban J connectivity index is 1.55. The minimum Gasteiger partial charge on any atom is -0.486 e. The van der Waals surface area contributed by atoms with Crippen molar-refractivity contribution < 1.29 is 18.7 Å². The summed E-state index contributed by atoms with van der Waals surface area (Å²) in [5.74, 6) is 0.943. The molecule has 1 amide bonds. The highest BCUT2D eigenvalue weighted by Gasteiger charge is 2.27. The fourth-order valence-corrected chi connectivity index (χ4v) is 3.74. The van der Waals surface area contributed by atoms with E-state index in [1.54, 1.807) is 56.7 Å². The lowest BCUT2D eigenvalue weighted by Crippen LogP contribution is -2.44. The maximum atomic E-state index is 14.2. The van der Waals surface area contributed by atoms with Gasteiger partial charge < -0.3 is 25.0 Å². The van der Waals surface area contributed by atoms with E-state index in [0.29, 0.717) is 46.9 Å². The Morgan fingerprint density at radius 2 is 2.08 bits per heavy atom. The maximum absolute atomic E-state index is 14.2. The molecule has 36 heavy (non-hydrogen) atoms. The first-order chi connectivity index (χ1) is 17.4. The molecule has 1 saturated heterocycles. The second-order valence-corrected chi connectivity index (χ2v) is 8.33. The van der Waals surface area contributed by atoms with Crippen LogP contribution in [-0.4, -0.2) is 72.3 Å². The summed E-state index contributed by atoms with van der Waals surface area (Å²) < 4.78 is 25.2. The summed E-state index contributed by atoms with van der Waals surface area (Å²) in [6.07, 6.45) is 0.369. The van der Waals surface area contributed by atoms with E-state index in [2.05, 4.69) is 31.7 Å². The van der Waals surface area contributed by atoms with E-state index < -0.39 is 12.3 Å². The van der Waals surface area contributed by atoms with Gasteiger partial charge >= 0.3 is 0 Å². The molecule has 2 N–H and O–H groups in total. The number of carbonyl (C=O) groups excluding carboxylic acids is 1. The van der Waals surface area contributed by atoms with E-state index >= 15 is 0 Å². The highest BCUT2D eigenvalue weighted by Crippen LogP contribution is 2.28. The van der Waals surface area contributed by atoms with Crippen LogP contribution in [0.3, 0.4) is 0 Å². The summed E-state index contributed by atoms with van der Waals surface area (Å²) in [7, 11) is 4.73. The first-order valence-corrected chi connectivity index (χ1v) is 11.3. The molecule has 186 valence electrons. The minimum atomic E-state index is -1.14. The van der Waals surface area contributed by atoms with Crippen LogP contribution in [0.15, 0.2) is 42.6 Å². The van der Waals surface area contributed by atoms with Crippen molar-refractivity contribution in [2.45, 2.75) is 18.7 Å². The molecule has 10 nitrogen and oxygen atoms in total. The summed E-state index contributed by atoms with van der Waals surface area (Å²) in [4.78, 5) is 26.8. The number of nitrogens with zero attached hydrogens (tertiary/aromatic N) is 5. The van der Waals surface area contributed by atoms with Gasteiger partial charge in [-0.3, -0.25) is 4.79 Å². The zero-order valence-electron chi connectivity index (χ0n) is 20.2. The SMILES string of the molecule is COc1nc(Nc2nccc(-c3ccc(O[C@H]4CCNC[C@H]4F)c(C#N)c3)n2)ccc1C(=O)N(C)C. The highest BCUT2D eigenvalue weighted by atomic mass is 19.1. The molecule has 0 bridgehead atoms. The Labute approximate surface area is 208 Å². The molecule has 3 aromatic rings. The number of hydrogen-bond acceptors (Lipinski definition) is 9. The van der Waals surface area contributed by atoms with Gasteiger partial charge in [0.05, 0.1) is 18.4 Å². The average Bonchev–Trinajstić information content (AvgIpc) is 2.89. The van der Waals surface area contributed by atoms with Gasteiger partial charge in [-0.1, -0.05) is 0 Å². The maximum Gasteiger partial charge on any atom is 0.258 e. The fourth-order valence-electron chi connectivity index (χ4n) is 3.74. The second-order valence-electron chi connectivity index (χ2n) is 8.33. The molecule has 0 spiro atoms. The van der Waals surface area contributed by atoms with Crippen LogP contribution in [0.1, 0.15) is 22.3 Å². The van der Waals surface area contributed by atoms with Crippen LogP contribution in [0, 0.1) is 11.3 Å². The number of anilines is 2. The van der Waals surface area contributed by atoms with Crippen LogP contribution in [-0.2, 0) is 0 Å². The highest BCUT2D eigenvalue weighted by molar-refractivity contribution is 5.96. The monoisotopic (exact) mass is 491 g/mol. The topological polar surface area (TPSA) is 125 Å². The fraction of sp³-hybridized carbons (Fsp3) is 0.320. The molecule has 0 radical (unpaired) electrons. The molecule has 1 aliphatic heterocycles.